The van der Waals surface area contributed by atoms with E-state index in [0.717, 1.165) is 75.4 Å². The Balaban J connectivity index is 0.968. The normalized spacial score (nSPS) is 23.0. The molecule has 6 rings (SSSR count). The van der Waals surface area contributed by atoms with Gasteiger partial charge < -0.3 is 14.7 Å². The maximum absolute atomic E-state index is 13.3. The van der Waals surface area contributed by atoms with E-state index in [2.05, 4.69) is 22.3 Å². The highest BCUT2D eigenvalue weighted by Gasteiger charge is 2.51. The SMILES string of the molecule is CN(CCCn1nnc2cc(C=O)ccc21)C1CCC2(CC1)CC(OC(=O)C(O)(c1cccs1)c1cccs1)C2. The summed E-state index contributed by atoms with van der Waals surface area (Å²) in [4.78, 5) is 27.9. The molecule has 0 bridgehead atoms. The lowest BCUT2D eigenvalue weighted by Gasteiger charge is -2.52. The molecule has 210 valence electrons. The van der Waals surface area contributed by atoms with Crippen LogP contribution in [-0.2, 0) is 21.7 Å². The van der Waals surface area contributed by atoms with Gasteiger partial charge in [0.1, 0.15) is 17.9 Å². The molecule has 2 aliphatic rings. The lowest BCUT2D eigenvalue weighted by atomic mass is 9.58. The van der Waals surface area contributed by atoms with E-state index >= 15 is 0 Å². The molecule has 0 amide bonds. The quantitative estimate of drug-likeness (QED) is 0.203. The second kappa shape index (κ2) is 11.2. The zero-order valence-electron chi connectivity index (χ0n) is 22.6. The van der Waals surface area contributed by atoms with Gasteiger partial charge in [-0.3, -0.25) is 4.79 Å². The van der Waals surface area contributed by atoms with E-state index in [-0.39, 0.29) is 11.5 Å². The van der Waals surface area contributed by atoms with Crippen LogP contribution in [-0.4, -0.2) is 63.0 Å². The monoisotopic (exact) mass is 578 g/mol. The molecule has 0 radical (unpaired) electrons. The van der Waals surface area contributed by atoms with Crippen molar-refractivity contribution >= 4 is 46.0 Å². The van der Waals surface area contributed by atoms with E-state index < -0.39 is 11.6 Å². The highest BCUT2D eigenvalue weighted by molar-refractivity contribution is 7.12. The van der Waals surface area contributed by atoms with E-state index in [1.807, 2.05) is 33.6 Å². The third kappa shape index (κ3) is 5.13. The fourth-order valence-corrected chi connectivity index (χ4v) is 8.18. The van der Waals surface area contributed by atoms with E-state index in [1.165, 1.54) is 22.7 Å². The first kappa shape index (κ1) is 27.3. The fraction of sp³-hybridized carbons (Fsp3) is 0.467. The van der Waals surface area contributed by atoms with Crippen LogP contribution in [0.3, 0.4) is 0 Å². The topological polar surface area (TPSA) is 97.5 Å². The average molecular weight is 579 g/mol. The van der Waals surface area contributed by atoms with Crippen LogP contribution in [0.25, 0.3) is 11.0 Å². The van der Waals surface area contributed by atoms with Crippen molar-refractivity contribution in [2.75, 3.05) is 13.6 Å². The molecule has 2 aliphatic carbocycles. The summed E-state index contributed by atoms with van der Waals surface area (Å²) in [5.74, 6) is -0.560. The van der Waals surface area contributed by atoms with Crippen LogP contribution in [0.5, 0.6) is 0 Å². The predicted octanol–water partition coefficient (Wildman–Crippen LogP) is 5.26. The van der Waals surface area contributed by atoms with Gasteiger partial charge in [-0.2, -0.15) is 0 Å². The Bertz CT molecular complexity index is 1420. The number of hydrogen-bond acceptors (Lipinski definition) is 9. The van der Waals surface area contributed by atoms with Crippen molar-refractivity contribution in [2.45, 2.75) is 69.2 Å². The van der Waals surface area contributed by atoms with Crippen LogP contribution < -0.4 is 0 Å². The summed E-state index contributed by atoms with van der Waals surface area (Å²) < 4.78 is 7.83. The summed E-state index contributed by atoms with van der Waals surface area (Å²) >= 11 is 2.74. The minimum atomic E-state index is -1.73. The van der Waals surface area contributed by atoms with Gasteiger partial charge in [-0.1, -0.05) is 17.3 Å². The lowest BCUT2D eigenvalue weighted by molar-refractivity contribution is -0.181. The summed E-state index contributed by atoms with van der Waals surface area (Å²) in [6.45, 7) is 1.77. The van der Waals surface area contributed by atoms with Crippen molar-refractivity contribution in [1.29, 1.82) is 0 Å². The number of nitrogens with zero attached hydrogens (tertiary/aromatic N) is 4. The molecule has 0 aliphatic heterocycles. The molecule has 8 nitrogen and oxygen atoms in total. The van der Waals surface area contributed by atoms with Crippen molar-refractivity contribution in [1.82, 2.24) is 19.9 Å². The number of aryl methyl sites for hydroxylation is 1. The summed E-state index contributed by atoms with van der Waals surface area (Å²) in [5.41, 5.74) is 0.845. The predicted molar refractivity (Wildman–Crippen MR) is 156 cm³/mol. The number of benzene rings is 1. The number of aldehydes is 1. The van der Waals surface area contributed by atoms with E-state index in [1.54, 1.807) is 24.3 Å². The van der Waals surface area contributed by atoms with Gasteiger partial charge >= 0.3 is 5.97 Å². The molecule has 0 saturated heterocycles. The molecule has 1 spiro atoms. The number of aliphatic hydroxyl groups is 1. The first-order valence-corrected chi connectivity index (χ1v) is 15.7. The van der Waals surface area contributed by atoms with Crippen LogP contribution in [0.1, 0.15) is 65.1 Å². The second-order valence-electron chi connectivity index (χ2n) is 11.3. The molecule has 1 aromatic carbocycles. The average Bonchev–Trinajstić information content (AvgIpc) is 3.75. The molecule has 4 aromatic rings. The van der Waals surface area contributed by atoms with Crippen molar-refractivity contribution in [3.05, 3.63) is 68.5 Å². The maximum atomic E-state index is 13.3. The van der Waals surface area contributed by atoms with Gasteiger partial charge in [0, 0.05) is 18.2 Å². The number of rotatable bonds is 10. The smallest absolute Gasteiger partial charge is 0.349 e. The number of aromatic nitrogens is 3. The van der Waals surface area contributed by atoms with Gasteiger partial charge in [-0.05, 0) is 105 Å². The van der Waals surface area contributed by atoms with E-state index in [9.17, 15) is 14.7 Å². The van der Waals surface area contributed by atoms with Gasteiger partial charge in [0.2, 0.25) is 5.60 Å². The number of thiophene rings is 2. The molecular formula is C30H34N4O4S2. The van der Waals surface area contributed by atoms with Crippen molar-refractivity contribution in [3.8, 4) is 0 Å². The summed E-state index contributed by atoms with van der Waals surface area (Å²) in [6.07, 6.45) is 8.01. The Morgan fingerprint density at radius 3 is 2.50 bits per heavy atom. The minimum Gasteiger partial charge on any atom is -0.460 e. The van der Waals surface area contributed by atoms with Crippen molar-refractivity contribution in [3.63, 3.8) is 0 Å². The molecule has 0 atom stereocenters. The molecule has 10 heteroatoms. The highest BCUT2D eigenvalue weighted by Crippen LogP contribution is 2.53. The molecule has 1 N–H and O–H groups in total. The Kier molecular flexibility index (Phi) is 7.60. The number of carbonyl (C=O) groups is 2. The number of hydrogen-bond donors (Lipinski definition) is 1. The van der Waals surface area contributed by atoms with Gasteiger partial charge in [0.15, 0.2) is 0 Å². The van der Waals surface area contributed by atoms with Crippen LogP contribution in [0, 0.1) is 5.41 Å². The fourth-order valence-electron chi connectivity index (χ4n) is 6.46. The van der Waals surface area contributed by atoms with Crippen LogP contribution in [0.4, 0.5) is 0 Å². The Morgan fingerprint density at radius 1 is 1.18 bits per heavy atom. The van der Waals surface area contributed by atoms with Gasteiger partial charge in [0.05, 0.1) is 15.3 Å². The van der Waals surface area contributed by atoms with Gasteiger partial charge in [-0.25, -0.2) is 9.48 Å². The molecule has 2 fully saturated rings. The molecule has 3 heterocycles. The first-order chi connectivity index (χ1) is 19.4. The first-order valence-electron chi connectivity index (χ1n) is 13.9. The van der Waals surface area contributed by atoms with E-state index in [0.29, 0.717) is 21.4 Å². The zero-order chi connectivity index (χ0) is 27.7. The number of carbonyl (C=O) groups excluding carboxylic acids is 2. The summed E-state index contributed by atoms with van der Waals surface area (Å²) in [6, 6.07) is 13.3. The highest BCUT2D eigenvalue weighted by atomic mass is 32.1. The number of ether oxygens (including phenoxy) is 1. The van der Waals surface area contributed by atoms with Crippen molar-refractivity contribution < 1.29 is 19.4 Å². The summed E-state index contributed by atoms with van der Waals surface area (Å²) in [5, 5.41) is 23.7. The van der Waals surface area contributed by atoms with Gasteiger partial charge in [-0.15, -0.1) is 27.8 Å². The largest absolute Gasteiger partial charge is 0.460 e. The van der Waals surface area contributed by atoms with Crippen LogP contribution >= 0.6 is 22.7 Å². The standard InChI is InChI=1S/C30H34N4O4S2/c1-33(13-4-14-34-25-8-7-21(20-35)17-24(25)31-32-34)22-9-11-29(12-10-22)18-23(19-29)38-28(36)30(37,26-5-2-15-39-26)27-6-3-16-40-27/h2-3,5-8,15-17,20,22-23,37H,4,9-14,18-19H2,1H3. The molecule has 40 heavy (non-hydrogen) atoms. The number of fused-ring (bicyclic) bond motifs is 1. The lowest BCUT2D eigenvalue weighted by Crippen LogP contribution is -2.50. The Morgan fingerprint density at radius 2 is 1.88 bits per heavy atom. The molecule has 0 unspecified atom stereocenters. The minimum absolute atomic E-state index is 0.131. The Labute approximate surface area is 241 Å². The molecule has 2 saturated carbocycles. The summed E-state index contributed by atoms with van der Waals surface area (Å²) in [7, 11) is 2.21. The third-order valence-electron chi connectivity index (χ3n) is 8.84. The van der Waals surface area contributed by atoms with Crippen molar-refractivity contribution in [2.24, 2.45) is 5.41 Å². The van der Waals surface area contributed by atoms with Gasteiger partial charge in [0.25, 0.3) is 0 Å². The third-order valence-corrected chi connectivity index (χ3v) is 10.8. The molecule has 3 aromatic heterocycles. The second-order valence-corrected chi connectivity index (χ2v) is 13.2. The maximum Gasteiger partial charge on any atom is 0.349 e. The van der Waals surface area contributed by atoms with E-state index in [4.69, 9.17) is 4.74 Å². The van der Waals surface area contributed by atoms with Crippen LogP contribution in [0.2, 0.25) is 0 Å². The zero-order valence-corrected chi connectivity index (χ0v) is 24.2. The molecular weight excluding hydrogens is 544 g/mol. The number of esters is 1. The Hall–Kier alpha value is -2.92. The van der Waals surface area contributed by atoms with Crippen LogP contribution in [0.15, 0.2) is 53.2 Å².